The molecule has 1 unspecified atom stereocenters. The van der Waals surface area contributed by atoms with Crippen LogP contribution in [0.5, 0.6) is 11.5 Å². The molecule has 1 N–H and O–H groups in total. The van der Waals surface area contributed by atoms with E-state index in [1.165, 1.54) is 0 Å². The first kappa shape index (κ1) is 26.6. The zero-order valence-corrected chi connectivity index (χ0v) is 23.5. The molecule has 0 aliphatic carbocycles. The number of benzene rings is 4. The summed E-state index contributed by atoms with van der Waals surface area (Å²) < 4.78 is 12.1. The maximum absolute atomic E-state index is 13.7. The third-order valence-corrected chi connectivity index (χ3v) is 7.54. The van der Waals surface area contributed by atoms with Gasteiger partial charge in [0.05, 0.1) is 12.7 Å². The Morgan fingerprint density at radius 1 is 0.949 bits per heavy atom. The van der Waals surface area contributed by atoms with E-state index in [1.807, 2.05) is 90.7 Å². The van der Waals surface area contributed by atoms with Crippen LogP contribution < -0.4 is 14.8 Å². The van der Waals surface area contributed by atoms with Gasteiger partial charge in [-0.05, 0) is 71.5 Å². The Morgan fingerprint density at radius 3 is 2.44 bits per heavy atom. The Bertz CT molecular complexity index is 1490. The summed E-state index contributed by atoms with van der Waals surface area (Å²) in [5.74, 6) is 1.79. The minimum absolute atomic E-state index is 0.00923. The van der Waals surface area contributed by atoms with Gasteiger partial charge in [0.1, 0.15) is 24.3 Å². The van der Waals surface area contributed by atoms with Crippen LogP contribution in [0.25, 0.3) is 0 Å². The lowest BCUT2D eigenvalue weighted by atomic mass is 10.00. The Morgan fingerprint density at radius 2 is 1.69 bits per heavy atom. The maximum Gasteiger partial charge on any atom is 0.258 e. The minimum Gasteiger partial charge on any atom is -0.496 e. The second kappa shape index (κ2) is 11.4. The lowest BCUT2D eigenvalue weighted by molar-refractivity contribution is 0.0666. The average molecular weight is 541 g/mol. The highest BCUT2D eigenvalue weighted by Gasteiger charge is 2.33. The molecule has 0 radical (unpaired) electrons. The number of ether oxygens (including phenoxy) is 2. The highest BCUT2D eigenvalue weighted by Crippen LogP contribution is 2.37. The number of carbonyl (C=O) groups excluding carboxylic acids is 1. The van der Waals surface area contributed by atoms with E-state index in [1.54, 1.807) is 7.11 Å². The molecule has 200 valence electrons. The van der Waals surface area contributed by atoms with E-state index >= 15 is 0 Å². The Kier molecular flexibility index (Phi) is 7.80. The summed E-state index contributed by atoms with van der Waals surface area (Å²) >= 11 is 6.41. The molecule has 1 aliphatic rings. The summed E-state index contributed by atoms with van der Waals surface area (Å²) in [5.41, 5.74) is 6.43. The Labute approximate surface area is 235 Å². The van der Waals surface area contributed by atoms with E-state index in [0.29, 0.717) is 18.7 Å². The van der Waals surface area contributed by atoms with Crippen molar-refractivity contribution in [1.29, 1.82) is 0 Å². The standard InChI is InChI=1S/C33H33ClN2O3/c1-21(2)27-18-28(34)22(3)16-31(27)39-20-25-17-24(14-15-30(25)38-4)32-35-29-13-9-8-12-26(29)33(37)36(32)19-23-10-6-5-7-11-23/h5-18,21,32,35H,19-20H2,1-4H3. The van der Waals surface area contributed by atoms with Crippen LogP contribution in [0.1, 0.15) is 64.1 Å². The van der Waals surface area contributed by atoms with Gasteiger partial charge < -0.3 is 19.7 Å². The van der Waals surface area contributed by atoms with Crippen LogP contribution >= 0.6 is 11.6 Å². The fourth-order valence-electron chi connectivity index (χ4n) is 4.98. The van der Waals surface area contributed by atoms with E-state index in [4.69, 9.17) is 21.1 Å². The molecule has 1 aliphatic heterocycles. The number of amides is 1. The van der Waals surface area contributed by atoms with Gasteiger partial charge in [-0.15, -0.1) is 0 Å². The lowest BCUT2D eigenvalue weighted by Gasteiger charge is -2.38. The molecule has 1 amide bonds. The van der Waals surface area contributed by atoms with Crippen molar-refractivity contribution in [2.45, 2.75) is 46.0 Å². The van der Waals surface area contributed by atoms with Crippen molar-refractivity contribution < 1.29 is 14.3 Å². The summed E-state index contributed by atoms with van der Waals surface area (Å²) in [5, 5.41) is 4.33. The number of halogens is 1. The number of nitrogens with one attached hydrogen (secondary N) is 1. The van der Waals surface area contributed by atoms with Gasteiger partial charge in [-0.25, -0.2) is 0 Å². The molecule has 0 spiro atoms. The SMILES string of the molecule is COc1ccc(C2Nc3ccccc3C(=O)N2Cc2ccccc2)cc1COc1cc(C)c(Cl)cc1C(C)C. The summed E-state index contributed by atoms with van der Waals surface area (Å²) in [4.78, 5) is 15.6. The van der Waals surface area contributed by atoms with Crippen LogP contribution in [-0.4, -0.2) is 17.9 Å². The van der Waals surface area contributed by atoms with E-state index in [9.17, 15) is 4.79 Å². The zero-order chi connectivity index (χ0) is 27.5. The van der Waals surface area contributed by atoms with E-state index in [-0.39, 0.29) is 18.0 Å². The normalized spacial score (nSPS) is 14.7. The predicted octanol–water partition coefficient (Wildman–Crippen LogP) is 8.13. The van der Waals surface area contributed by atoms with Gasteiger partial charge in [0, 0.05) is 22.8 Å². The summed E-state index contributed by atoms with van der Waals surface area (Å²) in [7, 11) is 1.66. The van der Waals surface area contributed by atoms with Gasteiger partial charge >= 0.3 is 0 Å². The molecule has 1 heterocycles. The predicted molar refractivity (Wildman–Crippen MR) is 157 cm³/mol. The lowest BCUT2D eigenvalue weighted by Crippen LogP contribution is -2.42. The number of hydrogen-bond donors (Lipinski definition) is 1. The van der Waals surface area contributed by atoms with Crippen LogP contribution in [0, 0.1) is 6.92 Å². The number of anilines is 1. The first-order valence-corrected chi connectivity index (χ1v) is 13.5. The molecular formula is C33H33ClN2O3. The fraction of sp³-hybridized carbons (Fsp3) is 0.242. The van der Waals surface area contributed by atoms with Gasteiger partial charge in [-0.2, -0.15) is 0 Å². The van der Waals surface area contributed by atoms with Crippen LogP contribution in [0.2, 0.25) is 5.02 Å². The largest absolute Gasteiger partial charge is 0.496 e. The molecule has 0 saturated heterocycles. The molecule has 4 aromatic rings. The topological polar surface area (TPSA) is 50.8 Å². The van der Waals surface area contributed by atoms with Crippen molar-refractivity contribution >= 4 is 23.2 Å². The molecule has 0 saturated carbocycles. The van der Waals surface area contributed by atoms with Gasteiger partial charge in [0.15, 0.2) is 0 Å². The summed E-state index contributed by atoms with van der Waals surface area (Å²) in [6, 6.07) is 27.7. The molecule has 5 rings (SSSR count). The van der Waals surface area contributed by atoms with Crippen molar-refractivity contribution in [2.24, 2.45) is 0 Å². The highest BCUT2D eigenvalue weighted by atomic mass is 35.5. The van der Waals surface area contributed by atoms with Gasteiger partial charge in [0.2, 0.25) is 0 Å². The van der Waals surface area contributed by atoms with Crippen molar-refractivity contribution in [1.82, 2.24) is 4.90 Å². The second-order valence-corrected chi connectivity index (χ2v) is 10.6. The smallest absolute Gasteiger partial charge is 0.258 e. The third-order valence-electron chi connectivity index (χ3n) is 7.13. The van der Waals surface area contributed by atoms with Crippen LogP contribution in [0.4, 0.5) is 5.69 Å². The quantitative estimate of drug-likeness (QED) is 0.245. The highest BCUT2D eigenvalue weighted by molar-refractivity contribution is 6.31. The first-order chi connectivity index (χ1) is 18.9. The third kappa shape index (κ3) is 5.59. The number of rotatable bonds is 8. The summed E-state index contributed by atoms with van der Waals surface area (Å²) in [6.07, 6.45) is -0.360. The van der Waals surface area contributed by atoms with Crippen molar-refractivity contribution in [3.05, 3.63) is 123 Å². The zero-order valence-electron chi connectivity index (χ0n) is 22.7. The molecular weight excluding hydrogens is 508 g/mol. The summed E-state index contributed by atoms with van der Waals surface area (Å²) in [6.45, 7) is 7.02. The van der Waals surface area contributed by atoms with Crippen LogP contribution in [0.3, 0.4) is 0 Å². The van der Waals surface area contributed by atoms with Gasteiger partial charge in [0.25, 0.3) is 5.91 Å². The molecule has 0 fully saturated rings. The van der Waals surface area contributed by atoms with E-state index in [2.05, 4.69) is 25.2 Å². The number of methoxy groups -OCH3 is 1. The Balaban J connectivity index is 1.49. The van der Waals surface area contributed by atoms with Crippen LogP contribution in [-0.2, 0) is 13.2 Å². The number of para-hydroxylation sites is 1. The van der Waals surface area contributed by atoms with Gasteiger partial charge in [-0.3, -0.25) is 4.79 Å². The number of aryl methyl sites for hydroxylation is 1. The molecule has 0 bridgehead atoms. The molecule has 1 atom stereocenters. The van der Waals surface area contributed by atoms with Crippen molar-refractivity contribution in [3.63, 3.8) is 0 Å². The molecule has 6 heteroatoms. The van der Waals surface area contributed by atoms with Crippen molar-refractivity contribution in [3.8, 4) is 11.5 Å². The minimum atomic E-state index is -0.360. The monoisotopic (exact) mass is 540 g/mol. The van der Waals surface area contributed by atoms with Crippen molar-refractivity contribution in [2.75, 3.05) is 12.4 Å². The molecule has 5 nitrogen and oxygen atoms in total. The number of nitrogens with zero attached hydrogens (tertiary/aromatic N) is 1. The second-order valence-electron chi connectivity index (χ2n) is 10.2. The number of hydrogen-bond acceptors (Lipinski definition) is 4. The first-order valence-electron chi connectivity index (χ1n) is 13.2. The average Bonchev–Trinajstić information content (AvgIpc) is 2.95. The van der Waals surface area contributed by atoms with E-state index < -0.39 is 0 Å². The van der Waals surface area contributed by atoms with Crippen LogP contribution in [0.15, 0.2) is 84.9 Å². The Hall–Kier alpha value is -3.96. The molecule has 0 aromatic heterocycles. The maximum atomic E-state index is 13.7. The number of carbonyl (C=O) groups is 1. The fourth-order valence-corrected chi connectivity index (χ4v) is 5.15. The number of fused-ring (bicyclic) bond motifs is 1. The van der Waals surface area contributed by atoms with Gasteiger partial charge in [-0.1, -0.05) is 74.0 Å². The van der Waals surface area contributed by atoms with E-state index in [0.717, 1.165) is 50.0 Å². The molecule has 39 heavy (non-hydrogen) atoms. The molecule has 4 aromatic carbocycles.